The van der Waals surface area contributed by atoms with Gasteiger partial charge in [0.15, 0.2) is 5.96 Å². The Morgan fingerprint density at radius 2 is 2.00 bits per heavy atom. The smallest absolute Gasteiger partial charge is 0.191 e. The first-order chi connectivity index (χ1) is 10.8. The molecule has 2 fully saturated rings. The number of hydrogen-bond acceptors (Lipinski definition) is 3. The molecule has 0 bridgehead atoms. The fourth-order valence-corrected chi connectivity index (χ4v) is 3.14. The fourth-order valence-electron chi connectivity index (χ4n) is 3.14. The molecular weight excluding hydrogens is 405 g/mol. The van der Waals surface area contributed by atoms with Gasteiger partial charge in [0.1, 0.15) is 0 Å². The van der Waals surface area contributed by atoms with Gasteiger partial charge < -0.3 is 20.1 Å². The van der Waals surface area contributed by atoms with Crippen LogP contribution in [0.4, 0.5) is 0 Å². The molecule has 6 heteroatoms. The van der Waals surface area contributed by atoms with Crippen LogP contribution in [0.2, 0.25) is 0 Å². The number of nitrogens with one attached hydrogen (secondary N) is 2. The highest BCUT2D eigenvalue weighted by atomic mass is 127. The molecule has 23 heavy (non-hydrogen) atoms. The number of rotatable bonds is 7. The average Bonchev–Trinajstić information content (AvgIpc) is 3.05. The van der Waals surface area contributed by atoms with Crippen LogP contribution >= 0.6 is 24.0 Å². The zero-order valence-corrected chi connectivity index (χ0v) is 17.0. The summed E-state index contributed by atoms with van der Waals surface area (Å²) in [6.45, 7) is 6.67. The molecule has 0 amide bonds. The van der Waals surface area contributed by atoms with Gasteiger partial charge in [0.25, 0.3) is 0 Å². The van der Waals surface area contributed by atoms with E-state index in [1.807, 2.05) is 7.05 Å². The molecule has 0 radical (unpaired) electrons. The molecule has 1 saturated heterocycles. The molecule has 1 unspecified atom stereocenters. The molecule has 1 atom stereocenters. The first kappa shape index (κ1) is 21.0. The Morgan fingerprint density at radius 1 is 1.22 bits per heavy atom. The molecule has 2 N–H and O–H groups in total. The lowest BCUT2D eigenvalue weighted by Gasteiger charge is -2.28. The third-order valence-corrected chi connectivity index (χ3v) is 4.72. The molecule has 0 spiro atoms. The number of nitrogens with zero attached hydrogens (tertiary/aromatic N) is 1. The second-order valence-corrected chi connectivity index (χ2v) is 6.76. The first-order valence-corrected chi connectivity index (χ1v) is 8.90. The second kappa shape index (κ2) is 12.3. The Bertz CT molecular complexity index is 328. The molecule has 2 rings (SSSR count). The van der Waals surface area contributed by atoms with E-state index in [1.54, 1.807) is 0 Å². The number of hydrogen-bond donors (Lipinski definition) is 2. The average molecular weight is 439 g/mol. The van der Waals surface area contributed by atoms with Crippen molar-refractivity contribution in [2.45, 2.75) is 51.5 Å². The molecule has 2 aliphatic rings. The molecule has 5 nitrogen and oxygen atoms in total. The first-order valence-electron chi connectivity index (χ1n) is 8.90. The predicted octanol–water partition coefficient (Wildman–Crippen LogP) is 2.79. The van der Waals surface area contributed by atoms with Crippen molar-refractivity contribution in [1.82, 2.24) is 10.6 Å². The van der Waals surface area contributed by atoms with E-state index in [2.05, 4.69) is 22.5 Å². The maximum Gasteiger partial charge on any atom is 0.191 e. The Balaban J connectivity index is 0.00000264. The summed E-state index contributed by atoms with van der Waals surface area (Å²) < 4.78 is 11.1. The van der Waals surface area contributed by atoms with Gasteiger partial charge in [-0.2, -0.15) is 0 Å². The van der Waals surface area contributed by atoms with Crippen molar-refractivity contribution >= 4 is 29.9 Å². The van der Waals surface area contributed by atoms with Crippen LogP contribution in [0.1, 0.15) is 45.4 Å². The van der Waals surface area contributed by atoms with Gasteiger partial charge in [-0.3, -0.25) is 4.99 Å². The third kappa shape index (κ3) is 8.54. The van der Waals surface area contributed by atoms with Crippen LogP contribution in [-0.4, -0.2) is 52.0 Å². The minimum Gasteiger partial charge on any atom is -0.381 e. The third-order valence-electron chi connectivity index (χ3n) is 4.72. The topological polar surface area (TPSA) is 54.9 Å². The summed E-state index contributed by atoms with van der Waals surface area (Å²) in [6, 6.07) is 0.584. The number of guanidine groups is 1. The Labute approximate surface area is 158 Å². The number of ether oxygens (including phenoxy) is 2. The highest BCUT2D eigenvalue weighted by Crippen LogP contribution is 2.23. The van der Waals surface area contributed by atoms with Crippen molar-refractivity contribution in [3.05, 3.63) is 0 Å². The van der Waals surface area contributed by atoms with Crippen molar-refractivity contribution in [3.63, 3.8) is 0 Å². The van der Waals surface area contributed by atoms with E-state index in [1.165, 1.54) is 25.7 Å². The van der Waals surface area contributed by atoms with E-state index in [9.17, 15) is 0 Å². The van der Waals surface area contributed by atoms with Gasteiger partial charge in [-0.25, -0.2) is 0 Å². The van der Waals surface area contributed by atoms with E-state index < -0.39 is 0 Å². The minimum absolute atomic E-state index is 0. The van der Waals surface area contributed by atoms with Gasteiger partial charge in [-0.1, -0.05) is 6.92 Å². The van der Waals surface area contributed by atoms with E-state index in [0.29, 0.717) is 12.0 Å². The summed E-state index contributed by atoms with van der Waals surface area (Å²) in [6.07, 6.45) is 7.33. The maximum atomic E-state index is 5.71. The van der Waals surface area contributed by atoms with Crippen molar-refractivity contribution in [3.8, 4) is 0 Å². The lowest BCUT2D eigenvalue weighted by Crippen LogP contribution is -2.45. The molecule has 0 aromatic rings. The van der Waals surface area contributed by atoms with Gasteiger partial charge in [-0.15, -0.1) is 24.0 Å². The summed E-state index contributed by atoms with van der Waals surface area (Å²) in [5, 5.41) is 6.93. The van der Waals surface area contributed by atoms with Gasteiger partial charge in [0.05, 0.1) is 13.2 Å². The predicted molar refractivity (Wildman–Crippen MR) is 106 cm³/mol. The van der Waals surface area contributed by atoms with Gasteiger partial charge in [0.2, 0.25) is 0 Å². The molecule has 1 heterocycles. The summed E-state index contributed by atoms with van der Waals surface area (Å²) in [7, 11) is 1.84. The molecule has 136 valence electrons. The van der Waals surface area contributed by atoms with Crippen LogP contribution in [-0.2, 0) is 9.47 Å². The van der Waals surface area contributed by atoms with Gasteiger partial charge in [0, 0.05) is 38.8 Å². The molecular formula is C17H34IN3O2. The van der Waals surface area contributed by atoms with Crippen molar-refractivity contribution in [2.75, 3.05) is 40.0 Å². The van der Waals surface area contributed by atoms with Crippen molar-refractivity contribution < 1.29 is 9.47 Å². The van der Waals surface area contributed by atoms with E-state index in [-0.39, 0.29) is 24.0 Å². The highest BCUT2D eigenvalue weighted by Gasteiger charge is 2.18. The molecule has 0 aromatic carbocycles. The minimum atomic E-state index is 0. The quantitative estimate of drug-likeness (QED) is 0.277. The maximum absolute atomic E-state index is 5.71. The normalized spacial score (nSPS) is 28.3. The Hall–Kier alpha value is -0.0800. The second-order valence-electron chi connectivity index (χ2n) is 6.76. The monoisotopic (exact) mass is 439 g/mol. The zero-order valence-electron chi connectivity index (χ0n) is 14.7. The number of halogens is 1. The summed E-state index contributed by atoms with van der Waals surface area (Å²) in [5.41, 5.74) is 0. The molecule has 1 aliphatic carbocycles. The van der Waals surface area contributed by atoms with Crippen LogP contribution in [0.15, 0.2) is 4.99 Å². The van der Waals surface area contributed by atoms with Crippen LogP contribution in [0.5, 0.6) is 0 Å². The van der Waals surface area contributed by atoms with E-state index >= 15 is 0 Å². The van der Waals surface area contributed by atoms with Crippen molar-refractivity contribution in [1.29, 1.82) is 0 Å². The highest BCUT2D eigenvalue weighted by molar-refractivity contribution is 14.0. The van der Waals surface area contributed by atoms with Crippen LogP contribution in [0.3, 0.4) is 0 Å². The molecule has 1 aliphatic heterocycles. The van der Waals surface area contributed by atoms with Crippen LogP contribution < -0.4 is 10.6 Å². The summed E-state index contributed by atoms with van der Waals surface area (Å²) in [4.78, 5) is 4.32. The standard InChI is InChI=1S/C17H33N3O2.HI/c1-14-4-6-16(7-5-14)20-17(18-2)19-9-3-10-21-12-15-8-11-22-13-15;/h14-16H,3-13H2,1-2H3,(H2,18,19,20);1H. The summed E-state index contributed by atoms with van der Waals surface area (Å²) >= 11 is 0. The van der Waals surface area contributed by atoms with E-state index in [4.69, 9.17) is 9.47 Å². The van der Waals surface area contributed by atoms with Crippen LogP contribution in [0, 0.1) is 11.8 Å². The van der Waals surface area contributed by atoms with Gasteiger partial charge >= 0.3 is 0 Å². The van der Waals surface area contributed by atoms with Crippen LogP contribution in [0.25, 0.3) is 0 Å². The lowest BCUT2D eigenvalue weighted by atomic mass is 9.87. The summed E-state index contributed by atoms with van der Waals surface area (Å²) in [5.74, 6) is 2.43. The molecule has 0 aromatic heterocycles. The SMILES string of the molecule is CN=C(NCCCOCC1CCOC1)NC1CCC(C)CC1.I. The Kier molecular flexibility index (Phi) is 11.2. The van der Waals surface area contributed by atoms with E-state index in [0.717, 1.165) is 57.7 Å². The Morgan fingerprint density at radius 3 is 2.65 bits per heavy atom. The molecule has 1 saturated carbocycles. The number of aliphatic imine (C=N–C) groups is 1. The largest absolute Gasteiger partial charge is 0.381 e. The van der Waals surface area contributed by atoms with Gasteiger partial charge in [-0.05, 0) is 44.4 Å². The zero-order chi connectivity index (χ0) is 15.6. The van der Waals surface area contributed by atoms with Crippen molar-refractivity contribution in [2.24, 2.45) is 16.8 Å². The fraction of sp³-hybridized carbons (Fsp3) is 0.941. The lowest BCUT2D eigenvalue weighted by molar-refractivity contribution is 0.0888.